The minimum absolute atomic E-state index is 0.0100. The second kappa shape index (κ2) is 5.11. The molecule has 0 heterocycles. The highest BCUT2D eigenvalue weighted by atomic mass is 32.2. The van der Waals surface area contributed by atoms with Crippen LogP contribution in [0.15, 0.2) is 23.1 Å². The third-order valence-corrected chi connectivity index (χ3v) is 4.73. The van der Waals surface area contributed by atoms with Crippen LogP contribution in [-0.4, -0.2) is 22.6 Å². The summed E-state index contributed by atoms with van der Waals surface area (Å²) < 4.78 is 34.0. The van der Waals surface area contributed by atoms with Crippen molar-refractivity contribution in [3.05, 3.63) is 23.8 Å². The first-order valence-electron chi connectivity index (χ1n) is 6.19. The third kappa shape index (κ3) is 2.61. The first kappa shape index (κ1) is 14.3. The van der Waals surface area contributed by atoms with Crippen LogP contribution in [0.5, 0.6) is 5.75 Å². The van der Waals surface area contributed by atoms with Crippen molar-refractivity contribution in [2.45, 2.75) is 36.2 Å². The van der Waals surface area contributed by atoms with Crippen molar-refractivity contribution in [3.8, 4) is 5.75 Å². The van der Waals surface area contributed by atoms with E-state index in [1.807, 2.05) is 6.07 Å². The van der Waals surface area contributed by atoms with E-state index in [4.69, 9.17) is 14.6 Å². The molecule has 1 saturated carbocycles. The summed E-state index contributed by atoms with van der Waals surface area (Å²) in [4.78, 5) is 0.0100. The van der Waals surface area contributed by atoms with Crippen molar-refractivity contribution in [1.82, 2.24) is 0 Å². The minimum Gasteiger partial charge on any atom is -0.495 e. The van der Waals surface area contributed by atoms with Gasteiger partial charge in [0.2, 0.25) is 10.0 Å². The Hall–Kier alpha value is -1.11. The van der Waals surface area contributed by atoms with Crippen LogP contribution in [0.3, 0.4) is 0 Å². The second-order valence-electron chi connectivity index (χ2n) is 4.82. The number of hydrogen-bond acceptors (Lipinski definition) is 4. The second-order valence-corrected chi connectivity index (χ2v) is 6.35. The Labute approximate surface area is 113 Å². The first-order valence-corrected chi connectivity index (χ1v) is 7.74. The van der Waals surface area contributed by atoms with Gasteiger partial charge < -0.3 is 9.47 Å². The van der Waals surface area contributed by atoms with Gasteiger partial charge in [0.1, 0.15) is 10.6 Å². The molecule has 0 atom stereocenters. The van der Waals surface area contributed by atoms with Crippen molar-refractivity contribution in [1.29, 1.82) is 0 Å². The van der Waals surface area contributed by atoms with Gasteiger partial charge >= 0.3 is 0 Å². The average molecular weight is 285 g/mol. The molecule has 0 unspecified atom stereocenters. The summed E-state index contributed by atoms with van der Waals surface area (Å²) in [6.07, 6.45) is 3.93. The Kier molecular flexibility index (Phi) is 3.85. The van der Waals surface area contributed by atoms with Gasteiger partial charge in [-0.3, -0.25) is 0 Å². The summed E-state index contributed by atoms with van der Waals surface area (Å²) in [5.74, 6) is 0.260. The van der Waals surface area contributed by atoms with Crippen LogP contribution in [0.25, 0.3) is 0 Å². The van der Waals surface area contributed by atoms with Gasteiger partial charge in [0.25, 0.3) is 0 Å². The lowest BCUT2D eigenvalue weighted by molar-refractivity contribution is -0.00891. The van der Waals surface area contributed by atoms with E-state index in [2.05, 4.69) is 0 Å². The molecule has 0 bridgehead atoms. The van der Waals surface area contributed by atoms with Gasteiger partial charge in [-0.1, -0.05) is 18.9 Å². The molecule has 1 aromatic rings. The molecule has 2 N–H and O–H groups in total. The summed E-state index contributed by atoms with van der Waals surface area (Å²) in [5.41, 5.74) is 0.448. The molecule has 2 rings (SSSR count). The van der Waals surface area contributed by atoms with E-state index < -0.39 is 15.6 Å². The molecule has 0 saturated heterocycles. The van der Waals surface area contributed by atoms with Crippen molar-refractivity contribution in [2.75, 3.05) is 14.2 Å². The van der Waals surface area contributed by atoms with E-state index in [1.54, 1.807) is 19.2 Å². The molecule has 1 fully saturated rings. The number of benzene rings is 1. The zero-order chi connectivity index (χ0) is 14.1. The summed E-state index contributed by atoms with van der Waals surface area (Å²) in [7, 11) is -0.732. The largest absolute Gasteiger partial charge is 0.495 e. The van der Waals surface area contributed by atoms with Gasteiger partial charge in [-0.05, 0) is 30.5 Å². The van der Waals surface area contributed by atoms with Crippen molar-refractivity contribution in [2.24, 2.45) is 5.14 Å². The number of sulfonamides is 1. The van der Waals surface area contributed by atoms with Gasteiger partial charge in [-0.2, -0.15) is 0 Å². The van der Waals surface area contributed by atoms with Crippen LogP contribution in [0, 0.1) is 0 Å². The van der Waals surface area contributed by atoms with E-state index in [9.17, 15) is 8.42 Å². The molecule has 0 spiro atoms. The van der Waals surface area contributed by atoms with Gasteiger partial charge in [0.05, 0.1) is 12.7 Å². The predicted octanol–water partition coefficient (Wildman–Crippen LogP) is 1.76. The number of nitrogens with two attached hydrogens (primary N) is 1. The fourth-order valence-corrected chi connectivity index (χ4v) is 3.46. The number of ether oxygens (including phenoxy) is 2. The number of rotatable bonds is 4. The van der Waals surface area contributed by atoms with E-state index >= 15 is 0 Å². The molecule has 1 aliphatic rings. The van der Waals surface area contributed by atoms with E-state index in [1.165, 1.54) is 7.11 Å². The van der Waals surface area contributed by atoms with Crippen LogP contribution in [0.1, 0.15) is 31.2 Å². The highest BCUT2D eigenvalue weighted by Crippen LogP contribution is 2.43. The Balaban J connectivity index is 2.55. The molecule has 1 aliphatic carbocycles. The van der Waals surface area contributed by atoms with Crippen molar-refractivity contribution < 1.29 is 17.9 Å². The number of methoxy groups -OCH3 is 2. The van der Waals surface area contributed by atoms with Gasteiger partial charge in [-0.15, -0.1) is 0 Å². The summed E-state index contributed by atoms with van der Waals surface area (Å²) in [5, 5.41) is 5.24. The van der Waals surface area contributed by atoms with Crippen LogP contribution in [0.4, 0.5) is 0 Å². The SMILES string of the molecule is COc1ccc(C2(OC)CCCC2)cc1S(N)(=O)=O. The van der Waals surface area contributed by atoms with E-state index in [0.717, 1.165) is 31.2 Å². The molecular formula is C13H19NO4S. The zero-order valence-electron chi connectivity index (χ0n) is 11.2. The maximum Gasteiger partial charge on any atom is 0.241 e. The maximum absolute atomic E-state index is 11.6. The summed E-state index contributed by atoms with van der Waals surface area (Å²) in [6.45, 7) is 0. The Morgan fingerprint density at radius 1 is 1.21 bits per heavy atom. The fourth-order valence-electron chi connectivity index (χ4n) is 2.74. The molecule has 6 heteroatoms. The highest BCUT2D eigenvalue weighted by Gasteiger charge is 2.36. The zero-order valence-corrected chi connectivity index (χ0v) is 12.0. The van der Waals surface area contributed by atoms with Crippen LogP contribution < -0.4 is 9.88 Å². The smallest absolute Gasteiger partial charge is 0.241 e. The van der Waals surface area contributed by atoms with E-state index in [0.29, 0.717) is 0 Å². The quantitative estimate of drug-likeness (QED) is 0.914. The summed E-state index contributed by atoms with van der Waals surface area (Å²) >= 11 is 0. The first-order chi connectivity index (χ1) is 8.93. The Morgan fingerprint density at radius 2 is 1.84 bits per heavy atom. The number of primary sulfonamides is 1. The molecule has 106 valence electrons. The topological polar surface area (TPSA) is 78.6 Å². The Morgan fingerprint density at radius 3 is 2.32 bits per heavy atom. The monoisotopic (exact) mass is 285 g/mol. The lowest BCUT2D eigenvalue weighted by Gasteiger charge is -2.28. The predicted molar refractivity (Wildman–Crippen MR) is 71.5 cm³/mol. The molecule has 0 radical (unpaired) electrons. The van der Waals surface area contributed by atoms with E-state index in [-0.39, 0.29) is 10.6 Å². The molecule has 0 aromatic heterocycles. The lowest BCUT2D eigenvalue weighted by atomic mass is 9.92. The average Bonchev–Trinajstić information content (AvgIpc) is 2.87. The fraction of sp³-hybridized carbons (Fsp3) is 0.538. The molecular weight excluding hydrogens is 266 g/mol. The summed E-state index contributed by atoms with van der Waals surface area (Å²) in [6, 6.07) is 5.06. The highest BCUT2D eigenvalue weighted by molar-refractivity contribution is 7.89. The molecule has 5 nitrogen and oxygen atoms in total. The van der Waals surface area contributed by atoms with Gasteiger partial charge in [-0.25, -0.2) is 13.6 Å². The van der Waals surface area contributed by atoms with Crippen LogP contribution in [0.2, 0.25) is 0 Å². The molecule has 1 aromatic carbocycles. The Bertz CT molecular complexity index is 562. The maximum atomic E-state index is 11.6. The lowest BCUT2D eigenvalue weighted by Crippen LogP contribution is -2.25. The van der Waals surface area contributed by atoms with Crippen molar-refractivity contribution in [3.63, 3.8) is 0 Å². The van der Waals surface area contributed by atoms with Gasteiger partial charge in [0.15, 0.2) is 0 Å². The normalized spacial score (nSPS) is 18.5. The third-order valence-electron chi connectivity index (χ3n) is 3.80. The standard InChI is InChI=1S/C13H19NO4S/c1-17-11-6-5-10(9-12(11)19(14,15)16)13(18-2)7-3-4-8-13/h5-6,9H,3-4,7-8H2,1-2H3,(H2,14,15,16). The number of hydrogen-bond donors (Lipinski definition) is 1. The van der Waals surface area contributed by atoms with Crippen LogP contribution >= 0.6 is 0 Å². The van der Waals surface area contributed by atoms with Crippen molar-refractivity contribution >= 4 is 10.0 Å². The molecule has 19 heavy (non-hydrogen) atoms. The molecule has 0 aliphatic heterocycles. The van der Waals surface area contributed by atoms with Gasteiger partial charge in [0, 0.05) is 7.11 Å². The molecule has 0 amide bonds. The van der Waals surface area contributed by atoms with Crippen LogP contribution in [-0.2, 0) is 20.4 Å². The minimum atomic E-state index is -3.81.